The Morgan fingerprint density at radius 3 is 2.43 bits per heavy atom. The zero-order valence-electron chi connectivity index (χ0n) is 15.4. The lowest BCUT2D eigenvalue weighted by atomic mass is 9.55. The summed E-state index contributed by atoms with van der Waals surface area (Å²) in [5.41, 5.74) is 10.2. The quantitative estimate of drug-likeness (QED) is 0.730. The van der Waals surface area contributed by atoms with E-state index in [4.69, 9.17) is 5.73 Å². The van der Waals surface area contributed by atoms with Gasteiger partial charge in [-0.1, -0.05) is 71.1 Å². The van der Waals surface area contributed by atoms with Crippen LogP contribution in [0.2, 0.25) is 0 Å². The molecule has 2 nitrogen and oxygen atoms in total. The van der Waals surface area contributed by atoms with E-state index in [1.807, 2.05) is 0 Å². The van der Waals surface area contributed by atoms with Gasteiger partial charge in [0.2, 0.25) is 0 Å². The van der Waals surface area contributed by atoms with E-state index in [2.05, 4.69) is 64.4 Å². The van der Waals surface area contributed by atoms with Crippen molar-refractivity contribution in [1.82, 2.24) is 5.32 Å². The van der Waals surface area contributed by atoms with Gasteiger partial charge in [0.1, 0.15) is 0 Å². The van der Waals surface area contributed by atoms with E-state index in [0.29, 0.717) is 12.0 Å². The van der Waals surface area contributed by atoms with Crippen LogP contribution in [-0.2, 0) is 0 Å². The van der Waals surface area contributed by atoms with E-state index < -0.39 is 0 Å². The van der Waals surface area contributed by atoms with Crippen molar-refractivity contribution < 1.29 is 0 Å². The van der Waals surface area contributed by atoms with E-state index in [9.17, 15) is 0 Å². The Morgan fingerprint density at radius 1 is 1.35 bits per heavy atom. The summed E-state index contributed by atoms with van der Waals surface area (Å²) in [6, 6.07) is 0.367. The molecule has 128 valence electrons. The van der Waals surface area contributed by atoms with Crippen LogP contribution in [0.5, 0.6) is 0 Å². The molecule has 3 atom stereocenters. The smallest absolute Gasteiger partial charge is 0.0632 e. The van der Waals surface area contributed by atoms with Crippen molar-refractivity contribution >= 4 is 0 Å². The summed E-state index contributed by atoms with van der Waals surface area (Å²) in [5.74, 6) is 0.710. The SMILES string of the molecule is C=C1C[C@]2(C)C1NC(=C)[C@]2(N)CCC.CC(C)C1=CCCC=C1. The van der Waals surface area contributed by atoms with Gasteiger partial charge in [-0.15, -0.1) is 0 Å². The highest BCUT2D eigenvalue weighted by molar-refractivity contribution is 5.43. The zero-order valence-corrected chi connectivity index (χ0v) is 15.4. The van der Waals surface area contributed by atoms with Crippen LogP contribution in [0, 0.1) is 11.3 Å². The van der Waals surface area contributed by atoms with Crippen molar-refractivity contribution in [3.63, 3.8) is 0 Å². The molecule has 2 heteroatoms. The van der Waals surface area contributed by atoms with Crippen LogP contribution in [0.1, 0.15) is 59.8 Å². The minimum Gasteiger partial charge on any atom is -0.380 e. The zero-order chi connectivity index (χ0) is 17.3. The maximum Gasteiger partial charge on any atom is 0.0632 e. The topological polar surface area (TPSA) is 38.0 Å². The molecule has 0 aromatic rings. The first-order valence-corrected chi connectivity index (χ1v) is 9.05. The van der Waals surface area contributed by atoms with Crippen molar-refractivity contribution in [2.75, 3.05) is 0 Å². The molecule has 0 spiro atoms. The summed E-state index contributed by atoms with van der Waals surface area (Å²) in [6.45, 7) is 17.0. The molecule has 1 saturated carbocycles. The van der Waals surface area contributed by atoms with E-state index in [-0.39, 0.29) is 11.0 Å². The Hall–Kier alpha value is -1.28. The van der Waals surface area contributed by atoms with Crippen LogP contribution in [-0.4, -0.2) is 11.6 Å². The van der Waals surface area contributed by atoms with Gasteiger partial charge in [-0.25, -0.2) is 0 Å². The number of rotatable bonds is 3. The van der Waals surface area contributed by atoms with E-state index in [1.165, 1.54) is 24.0 Å². The van der Waals surface area contributed by atoms with E-state index >= 15 is 0 Å². The van der Waals surface area contributed by atoms with Crippen LogP contribution in [0.15, 0.2) is 48.2 Å². The second-order valence-corrected chi connectivity index (χ2v) is 7.87. The summed E-state index contributed by atoms with van der Waals surface area (Å²) < 4.78 is 0. The van der Waals surface area contributed by atoms with Crippen molar-refractivity contribution in [1.29, 1.82) is 0 Å². The largest absolute Gasteiger partial charge is 0.380 e. The Bertz CT molecular complexity index is 540. The molecule has 0 aromatic heterocycles. The fourth-order valence-electron chi connectivity index (χ4n) is 4.21. The molecule has 1 heterocycles. The average Bonchev–Trinajstić information content (AvgIpc) is 2.67. The van der Waals surface area contributed by atoms with Crippen LogP contribution < -0.4 is 11.1 Å². The maximum atomic E-state index is 6.49. The molecular weight excluding hydrogens is 280 g/mol. The Labute approximate surface area is 142 Å². The summed E-state index contributed by atoms with van der Waals surface area (Å²) in [4.78, 5) is 0. The lowest BCUT2D eigenvalue weighted by Crippen LogP contribution is -2.60. The van der Waals surface area contributed by atoms with Crippen LogP contribution >= 0.6 is 0 Å². The molecular formula is C21H34N2. The number of hydrogen-bond donors (Lipinski definition) is 2. The monoisotopic (exact) mass is 314 g/mol. The molecule has 1 saturated heterocycles. The second-order valence-electron chi connectivity index (χ2n) is 7.87. The lowest BCUT2D eigenvalue weighted by Gasteiger charge is -2.51. The first kappa shape index (κ1) is 18.1. The van der Waals surface area contributed by atoms with Crippen LogP contribution in [0.3, 0.4) is 0 Å². The molecule has 3 rings (SSSR count). The molecule has 3 N–H and O–H groups in total. The highest BCUT2D eigenvalue weighted by atomic mass is 15.1. The fourth-order valence-corrected chi connectivity index (χ4v) is 4.21. The number of allylic oxidation sites excluding steroid dienone is 4. The highest BCUT2D eigenvalue weighted by Gasteiger charge is 2.63. The standard InChI is InChI=1S/C12H20N2.C9H14/c1-5-6-12(13)9(3)14-10-8(2)7-11(10,12)4;1-8(2)9-6-4-3-5-7-9/h10,14H,2-3,5-7,13H2,1,4H3;4,6-8H,3,5H2,1-2H3/t10?,11-,12-;/m1./s1. The molecule has 0 amide bonds. The molecule has 2 fully saturated rings. The van der Waals surface area contributed by atoms with Gasteiger partial charge in [0.05, 0.1) is 11.6 Å². The maximum absolute atomic E-state index is 6.49. The second kappa shape index (κ2) is 6.68. The number of nitrogens with one attached hydrogen (secondary N) is 1. The van der Waals surface area contributed by atoms with Crippen molar-refractivity contribution in [3.05, 3.63) is 48.2 Å². The van der Waals surface area contributed by atoms with E-state index in [1.54, 1.807) is 0 Å². The molecule has 1 aliphatic heterocycles. The summed E-state index contributed by atoms with van der Waals surface area (Å²) >= 11 is 0. The predicted octanol–water partition coefficient (Wildman–Crippen LogP) is 4.85. The van der Waals surface area contributed by atoms with Crippen LogP contribution in [0.25, 0.3) is 0 Å². The van der Waals surface area contributed by atoms with Crippen molar-refractivity contribution in [2.45, 2.75) is 71.4 Å². The van der Waals surface area contributed by atoms with Crippen molar-refractivity contribution in [2.24, 2.45) is 17.1 Å². The summed E-state index contributed by atoms with van der Waals surface area (Å²) in [7, 11) is 0. The number of nitrogens with two attached hydrogens (primary N) is 1. The minimum absolute atomic E-state index is 0.150. The van der Waals surface area contributed by atoms with E-state index in [0.717, 1.165) is 25.0 Å². The predicted molar refractivity (Wildman–Crippen MR) is 101 cm³/mol. The first-order valence-electron chi connectivity index (χ1n) is 9.05. The van der Waals surface area contributed by atoms with Gasteiger partial charge in [0, 0.05) is 11.1 Å². The van der Waals surface area contributed by atoms with Gasteiger partial charge in [-0.05, 0) is 37.2 Å². The number of hydrogen-bond acceptors (Lipinski definition) is 2. The minimum atomic E-state index is -0.229. The molecule has 0 radical (unpaired) electrons. The molecule has 23 heavy (non-hydrogen) atoms. The van der Waals surface area contributed by atoms with Crippen molar-refractivity contribution in [3.8, 4) is 0 Å². The van der Waals surface area contributed by atoms with Gasteiger partial charge in [-0.2, -0.15) is 0 Å². The molecule has 0 aromatic carbocycles. The van der Waals surface area contributed by atoms with Gasteiger partial charge in [0.15, 0.2) is 0 Å². The Kier molecular flexibility index (Phi) is 5.25. The van der Waals surface area contributed by atoms with Gasteiger partial charge in [-0.3, -0.25) is 0 Å². The molecule has 1 unspecified atom stereocenters. The molecule has 3 aliphatic rings. The third kappa shape index (κ3) is 3.06. The normalized spacial score (nSPS) is 35.0. The molecule has 0 bridgehead atoms. The Balaban J connectivity index is 0.000000185. The third-order valence-electron chi connectivity index (χ3n) is 5.85. The van der Waals surface area contributed by atoms with Gasteiger partial charge >= 0.3 is 0 Å². The molecule has 2 aliphatic carbocycles. The summed E-state index contributed by atoms with van der Waals surface area (Å²) in [6.07, 6.45) is 12.5. The lowest BCUT2D eigenvalue weighted by molar-refractivity contribution is 0.121. The van der Waals surface area contributed by atoms with Gasteiger partial charge in [0.25, 0.3) is 0 Å². The highest BCUT2D eigenvalue weighted by Crippen LogP contribution is 2.58. The third-order valence-corrected chi connectivity index (χ3v) is 5.85. The van der Waals surface area contributed by atoms with Gasteiger partial charge < -0.3 is 11.1 Å². The fraction of sp³-hybridized carbons (Fsp3) is 0.619. The number of fused-ring (bicyclic) bond motifs is 1. The van der Waals surface area contributed by atoms with Crippen LogP contribution in [0.4, 0.5) is 0 Å². The summed E-state index contributed by atoms with van der Waals surface area (Å²) in [5, 5.41) is 3.40. The Morgan fingerprint density at radius 2 is 2.04 bits per heavy atom. The first-order chi connectivity index (χ1) is 10.8. The average molecular weight is 315 g/mol.